The molecule has 7 heteroatoms. The third kappa shape index (κ3) is 3.36. The van der Waals surface area contributed by atoms with E-state index >= 15 is 0 Å². The fourth-order valence-corrected chi connectivity index (χ4v) is 3.12. The zero-order valence-corrected chi connectivity index (χ0v) is 13.5. The molecule has 0 aromatic carbocycles. The van der Waals surface area contributed by atoms with Gasteiger partial charge in [0.15, 0.2) is 0 Å². The van der Waals surface area contributed by atoms with Crippen LogP contribution in [-0.2, 0) is 16.0 Å². The first-order chi connectivity index (χ1) is 10.6. The number of aromatic nitrogens is 2. The van der Waals surface area contributed by atoms with Crippen LogP contribution in [0.1, 0.15) is 26.2 Å². The smallest absolute Gasteiger partial charge is 0.227 e. The first-order valence-electron chi connectivity index (χ1n) is 7.41. The number of rotatable bonds is 4. The predicted molar refractivity (Wildman–Crippen MR) is 82.5 cm³/mol. The van der Waals surface area contributed by atoms with Gasteiger partial charge in [0.2, 0.25) is 17.6 Å². The summed E-state index contributed by atoms with van der Waals surface area (Å²) in [4.78, 5) is 19.5. The summed E-state index contributed by atoms with van der Waals surface area (Å²) in [5.41, 5.74) is 0. The quantitative estimate of drug-likeness (QED) is 0.865. The number of hydrogen-bond acceptors (Lipinski definition) is 6. The average Bonchev–Trinajstić information content (AvgIpc) is 3.17. The van der Waals surface area contributed by atoms with Crippen LogP contribution in [-0.4, -0.2) is 46.2 Å². The molecular weight excluding hydrogens is 302 g/mol. The minimum absolute atomic E-state index is 0.0917. The number of nitrogens with zero attached hydrogens (tertiary/aromatic N) is 3. The van der Waals surface area contributed by atoms with Crippen molar-refractivity contribution in [2.24, 2.45) is 0 Å². The summed E-state index contributed by atoms with van der Waals surface area (Å²) in [6, 6.07) is 4.01. The van der Waals surface area contributed by atoms with Gasteiger partial charge in [0.1, 0.15) is 0 Å². The van der Waals surface area contributed by atoms with E-state index < -0.39 is 0 Å². The van der Waals surface area contributed by atoms with Gasteiger partial charge in [-0.05, 0) is 25.3 Å². The molecule has 3 heterocycles. The molecule has 0 saturated carbocycles. The van der Waals surface area contributed by atoms with Crippen molar-refractivity contribution in [3.8, 4) is 10.7 Å². The van der Waals surface area contributed by atoms with E-state index in [0.29, 0.717) is 37.7 Å². The summed E-state index contributed by atoms with van der Waals surface area (Å²) >= 11 is 1.56. The summed E-state index contributed by atoms with van der Waals surface area (Å²) < 4.78 is 10.8. The standard InChI is InChI=1S/C15H19N3O3S/c1-10-9-20-11(2)8-18(10)14(19)6-5-13-16-15(17-21-13)12-4-3-7-22-12/h3-4,7,10-11H,5-6,8-9H2,1-2H3/t10-,11+/m0/s1. The van der Waals surface area contributed by atoms with Crippen molar-refractivity contribution in [3.05, 3.63) is 23.4 Å². The molecule has 0 bridgehead atoms. The number of amides is 1. The highest BCUT2D eigenvalue weighted by molar-refractivity contribution is 7.13. The van der Waals surface area contributed by atoms with Gasteiger partial charge in [-0.25, -0.2) is 0 Å². The largest absolute Gasteiger partial charge is 0.375 e. The Labute approximate surface area is 133 Å². The second-order valence-electron chi connectivity index (χ2n) is 5.53. The fraction of sp³-hybridized carbons (Fsp3) is 0.533. The normalized spacial score (nSPS) is 22.0. The minimum atomic E-state index is 0.0917. The second kappa shape index (κ2) is 6.58. The number of morpholine rings is 1. The highest BCUT2D eigenvalue weighted by Crippen LogP contribution is 2.21. The molecule has 1 aliphatic heterocycles. The van der Waals surface area contributed by atoms with E-state index in [1.54, 1.807) is 11.3 Å². The van der Waals surface area contributed by atoms with Gasteiger partial charge in [-0.3, -0.25) is 4.79 Å². The van der Waals surface area contributed by atoms with E-state index in [1.165, 1.54) is 0 Å². The third-order valence-electron chi connectivity index (χ3n) is 3.69. The van der Waals surface area contributed by atoms with Crippen molar-refractivity contribution in [2.75, 3.05) is 13.2 Å². The Bertz CT molecular complexity index is 626. The average molecular weight is 321 g/mol. The summed E-state index contributed by atoms with van der Waals surface area (Å²) in [7, 11) is 0. The molecule has 2 atom stereocenters. The molecule has 1 fully saturated rings. The van der Waals surface area contributed by atoms with Crippen LogP contribution in [0.3, 0.4) is 0 Å². The summed E-state index contributed by atoms with van der Waals surface area (Å²) in [6.07, 6.45) is 0.938. The SMILES string of the molecule is C[C@@H]1CN(C(=O)CCc2nc(-c3cccs3)no2)[C@@H](C)CO1. The number of thiophene rings is 1. The molecule has 2 aromatic heterocycles. The van der Waals surface area contributed by atoms with Crippen LogP contribution >= 0.6 is 11.3 Å². The van der Waals surface area contributed by atoms with Gasteiger partial charge in [0.05, 0.1) is 23.6 Å². The molecule has 22 heavy (non-hydrogen) atoms. The first-order valence-corrected chi connectivity index (χ1v) is 8.29. The van der Waals surface area contributed by atoms with Gasteiger partial charge in [-0.1, -0.05) is 11.2 Å². The van der Waals surface area contributed by atoms with E-state index in [9.17, 15) is 4.79 Å². The molecule has 0 spiro atoms. The van der Waals surface area contributed by atoms with Crippen LogP contribution in [0.5, 0.6) is 0 Å². The molecule has 118 valence electrons. The van der Waals surface area contributed by atoms with E-state index in [2.05, 4.69) is 10.1 Å². The Kier molecular flexibility index (Phi) is 4.54. The molecule has 0 radical (unpaired) electrons. The summed E-state index contributed by atoms with van der Waals surface area (Å²) in [5.74, 6) is 1.20. The Balaban J connectivity index is 1.57. The number of ether oxygens (including phenoxy) is 1. The van der Waals surface area contributed by atoms with Crippen molar-refractivity contribution >= 4 is 17.2 Å². The molecule has 1 aliphatic rings. The molecule has 1 saturated heterocycles. The van der Waals surface area contributed by atoms with Crippen molar-refractivity contribution in [2.45, 2.75) is 38.8 Å². The lowest BCUT2D eigenvalue weighted by Gasteiger charge is -2.36. The lowest BCUT2D eigenvalue weighted by atomic mass is 10.1. The molecule has 1 amide bonds. The minimum Gasteiger partial charge on any atom is -0.375 e. The van der Waals surface area contributed by atoms with E-state index in [1.807, 2.05) is 36.3 Å². The molecule has 2 aromatic rings. The van der Waals surface area contributed by atoms with Gasteiger partial charge >= 0.3 is 0 Å². The Morgan fingerprint density at radius 2 is 2.36 bits per heavy atom. The molecule has 0 unspecified atom stereocenters. The van der Waals surface area contributed by atoms with Crippen LogP contribution in [0.25, 0.3) is 10.7 Å². The van der Waals surface area contributed by atoms with Crippen molar-refractivity contribution in [3.63, 3.8) is 0 Å². The Morgan fingerprint density at radius 3 is 3.14 bits per heavy atom. The van der Waals surface area contributed by atoms with E-state index in [-0.39, 0.29) is 18.1 Å². The monoisotopic (exact) mass is 321 g/mol. The van der Waals surface area contributed by atoms with Gasteiger partial charge < -0.3 is 14.2 Å². The molecule has 3 rings (SSSR count). The number of aryl methyl sites for hydroxylation is 1. The van der Waals surface area contributed by atoms with E-state index in [4.69, 9.17) is 9.26 Å². The molecule has 0 N–H and O–H groups in total. The first kappa shape index (κ1) is 15.2. The number of hydrogen-bond donors (Lipinski definition) is 0. The lowest BCUT2D eigenvalue weighted by molar-refractivity contribution is -0.143. The van der Waals surface area contributed by atoms with Crippen LogP contribution in [0.4, 0.5) is 0 Å². The summed E-state index contributed by atoms with van der Waals surface area (Å²) in [6.45, 7) is 5.23. The van der Waals surface area contributed by atoms with Crippen LogP contribution < -0.4 is 0 Å². The molecular formula is C15H19N3O3S. The van der Waals surface area contributed by atoms with Crippen molar-refractivity contribution in [1.29, 1.82) is 0 Å². The summed E-state index contributed by atoms with van der Waals surface area (Å²) in [5, 5.41) is 5.92. The van der Waals surface area contributed by atoms with Crippen LogP contribution in [0.15, 0.2) is 22.0 Å². The maximum absolute atomic E-state index is 12.3. The maximum atomic E-state index is 12.3. The van der Waals surface area contributed by atoms with Crippen LogP contribution in [0.2, 0.25) is 0 Å². The fourth-order valence-electron chi connectivity index (χ4n) is 2.47. The van der Waals surface area contributed by atoms with Crippen molar-refractivity contribution in [1.82, 2.24) is 15.0 Å². The van der Waals surface area contributed by atoms with Gasteiger partial charge in [0, 0.05) is 19.4 Å². The Morgan fingerprint density at radius 1 is 1.50 bits per heavy atom. The number of carbonyl (C=O) groups excluding carboxylic acids is 1. The number of carbonyl (C=O) groups is 1. The highest BCUT2D eigenvalue weighted by Gasteiger charge is 2.27. The third-order valence-corrected chi connectivity index (χ3v) is 4.56. The zero-order chi connectivity index (χ0) is 15.5. The topological polar surface area (TPSA) is 68.5 Å². The molecule has 0 aliphatic carbocycles. The van der Waals surface area contributed by atoms with Gasteiger partial charge in [0.25, 0.3) is 0 Å². The van der Waals surface area contributed by atoms with Crippen molar-refractivity contribution < 1.29 is 14.1 Å². The maximum Gasteiger partial charge on any atom is 0.227 e. The predicted octanol–water partition coefficient (Wildman–Crippen LogP) is 2.37. The lowest BCUT2D eigenvalue weighted by Crippen LogP contribution is -2.50. The Hall–Kier alpha value is -1.73. The van der Waals surface area contributed by atoms with E-state index in [0.717, 1.165) is 4.88 Å². The molecule has 6 nitrogen and oxygen atoms in total. The van der Waals surface area contributed by atoms with Crippen LogP contribution in [0, 0.1) is 0 Å². The van der Waals surface area contributed by atoms with Gasteiger partial charge in [-0.2, -0.15) is 4.98 Å². The highest BCUT2D eigenvalue weighted by atomic mass is 32.1. The van der Waals surface area contributed by atoms with Gasteiger partial charge in [-0.15, -0.1) is 11.3 Å². The second-order valence-corrected chi connectivity index (χ2v) is 6.48. The zero-order valence-electron chi connectivity index (χ0n) is 12.7.